The Kier molecular flexibility index (Phi) is 2.63. The molecule has 0 bridgehead atoms. The van der Waals surface area contributed by atoms with E-state index in [2.05, 4.69) is 42.1 Å². The number of aromatic nitrogens is 2. The van der Waals surface area contributed by atoms with E-state index in [1.165, 1.54) is 12.8 Å². The fourth-order valence-corrected chi connectivity index (χ4v) is 1.48. The number of anilines is 1. The molecule has 1 saturated carbocycles. The minimum Gasteiger partial charge on any atom is -0.369 e. The summed E-state index contributed by atoms with van der Waals surface area (Å²) in [6.45, 7) is 7.63. The molecule has 0 aliphatic heterocycles. The first kappa shape index (κ1) is 10.4. The first-order valence-corrected chi connectivity index (χ1v) is 5.65. The molecule has 3 heteroatoms. The molecule has 1 fully saturated rings. The summed E-state index contributed by atoms with van der Waals surface area (Å²) in [5.74, 6) is 1.42. The van der Waals surface area contributed by atoms with Gasteiger partial charge in [-0.1, -0.05) is 20.8 Å². The molecule has 1 aliphatic carbocycles. The zero-order chi connectivity index (χ0) is 10.9. The molecular weight excluding hydrogens is 186 g/mol. The average Bonchev–Trinajstić information content (AvgIpc) is 2.95. The van der Waals surface area contributed by atoms with Crippen molar-refractivity contribution in [2.24, 2.45) is 5.41 Å². The first-order valence-electron chi connectivity index (χ1n) is 5.65. The van der Waals surface area contributed by atoms with Crippen LogP contribution in [0, 0.1) is 5.41 Å². The van der Waals surface area contributed by atoms with Gasteiger partial charge in [-0.15, -0.1) is 0 Å². The third-order valence-electron chi connectivity index (χ3n) is 3.08. The molecule has 0 radical (unpaired) electrons. The lowest BCUT2D eigenvalue weighted by Gasteiger charge is -2.11. The van der Waals surface area contributed by atoms with Crippen molar-refractivity contribution in [2.45, 2.75) is 39.5 Å². The fourth-order valence-electron chi connectivity index (χ4n) is 1.48. The molecule has 1 aromatic rings. The van der Waals surface area contributed by atoms with Gasteiger partial charge in [0.05, 0.1) is 0 Å². The summed E-state index contributed by atoms with van der Waals surface area (Å²) in [6, 6.07) is 2.05. The maximum Gasteiger partial charge on any atom is 0.129 e. The van der Waals surface area contributed by atoms with Crippen LogP contribution in [-0.4, -0.2) is 16.5 Å². The quantitative estimate of drug-likeness (QED) is 0.821. The van der Waals surface area contributed by atoms with Crippen LogP contribution in [0.5, 0.6) is 0 Å². The highest BCUT2D eigenvalue weighted by Gasteiger charge is 2.36. The van der Waals surface area contributed by atoms with Crippen LogP contribution in [0.4, 0.5) is 5.82 Å². The highest BCUT2D eigenvalue weighted by Crippen LogP contribution is 2.44. The average molecular weight is 205 g/mol. The van der Waals surface area contributed by atoms with Crippen molar-refractivity contribution < 1.29 is 0 Å². The van der Waals surface area contributed by atoms with E-state index >= 15 is 0 Å². The van der Waals surface area contributed by atoms with Gasteiger partial charge >= 0.3 is 0 Å². The lowest BCUT2D eigenvalue weighted by molar-refractivity contribution is 0.609. The van der Waals surface area contributed by atoms with Crippen LogP contribution in [0.3, 0.4) is 0 Å². The van der Waals surface area contributed by atoms with E-state index < -0.39 is 0 Å². The molecule has 0 atom stereocenters. The molecule has 3 nitrogen and oxygen atoms in total. The molecule has 15 heavy (non-hydrogen) atoms. The van der Waals surface area contributed by atoms with Gasteiger partial charge in [-0.3, -0.25) is 0 Å². The van der Waals surface area contributed by atoms with Gasteiger partial charge in [0.1, 0.15) is 12.1 Å². The maximum absolute atomic E-state index is 4.25. The third-order valence-corrected chi connectivity index (χ3v) is 3.08. The molecule has 0 saturated heterocycles. The Bertz CT molecular complexity index is 342. The molecule has 0 unspecified atom stereocenters. The summed E-state index contributed by atoms with van der Waals surface area (Å²) < 4.78 is 0. The van der Waals surface area contributed by atoms with Gasteiger partial charge in [0, 0.05) is 18.3 Å². The monoisotopic (exact) mass is 205 g/mol. The first-order chi connectivity index (χ1) is 7.09. The Balaban J connectivity index is 1.98. The van der Waals surface area contributed by atoms with Gasteiger partial charge in [0.25, 0.3) is 0 Å². The smallest absolute Gasteiger partial charge is 0.129 e. The minimum atomic E-state index is 0.463. The summed E-state index contributed by atoms with van der Waals surface area (Å²) in [4.78, 5) is 8.48. The van der Waals surface area contributed by atoms with E-state index in [4.69, 9.17) is 0 Å². The highest BCUT2D eigenvalue weighted by molar-refractivity contribution is 5.36. The Hall–Kier alpha value is -1.12. The fraction of sp³-hybridized carbons (Fsp3) is 0.667. The second-order valence-electron chi connectivity index (χ2n) is 5.15. The van der Waals surface area contributed by atoms with Crippen LogP contribution in [-0.2, 0) is 0 Å². The molecule has 2 rings (SSSR count). The number of hydrogen-bond acceptors (Lipinski definition) is 3. The van der Waals surface area contributed by atoms with Crippen LogP contribution in [0.15, 0.2) is 12.4 Å². The van der Waals surface area contributed by atoms with Gasteiger partial charge in [-0.2, -0.15) is 0 Å². The summed E-state index contributed by atoms with van der Waals surface area (Å²) in [6.07, 6.45) is 4.32. The molecule has 82 valence electrons. The number of rotatable bonds is 4. The van der Waals surface area contributed by atoms with Crippen LogP contribution in [0.2, 0.25) is 0 Å². The predicted molar refractivity (Wildman–Crippen MR) is 62.0 cm³/mol. The molecular formula is C12H19N3. The van der Waals surface area contributed by atoms with E-state index in [-0.39, 0.29) is 0 Å². The van der Waals surface area contributed by atoms with Crippen molar-refractivity contribution in [1.82, 2.24) is 9.97 Å². The predicted octanol–water partition coefficient (Wildman–Crippen LogP) is 2.81. The van der Waals surface area contributed by atoms with Crippen LogP contribution >= 0.6 is 0 Å². The Morgan fingerprint density at radius 1 is 1.40 bits per heavy atom. The number of nitrogens with one attached hydrogen (secondary N) is 1. The molecule has 0 spiro atoms. The zero-order valence-corrected chi connectivity index (χ0v) is 9.75. The Morgan fingerprint density at radius 3 is 2.73 bits per heavy atom. The van der Waals surface area contributed by atoms with Crippen molar-refractivity contribution in [3.8, 4) is 0 Å². The van der Waals surface area contributed by atoms with Crippen LogP contribution in [0.1, 0.15) is 45.2 Å². The largest absolute Gasteiger partial charge is 0.369 e. The zero-order valence-electron chi connectivity index (χ0n) is 9.75. The van der Waals surface area contributed by atoms with Crippen molar-refractivity contribution >= 4 is 5.82 Å². The summed E-state index contributed by atoms with van der Waals surface area (Å²) in [5.41, 5.74) is 1.62. The van der Waals surface area contributed by atoms with Gasteiger partial charge in [-0.05, 0) is 24.2 Å². The number of nitrogens with zero attached hydrogens (tertiary/aromatic N) is 2. The molecule has 1 aliphatic rings. The van der Waals surface area contributed by atoms with Gasteiger partial charge < -0.3 is 5.32 Å². The summed E-state index contributed by atoms with van der Waals surface area (Å²) >= 11 is 0. The van der Waals surface area contributed by atoms with Crippen molar-refractivity contribution in [2.75, 3.05) is 11.9 Å². The van der Waals surface area contributed by atoms with Crippen LogP contribution < -0.4 is 5.32 Å². The van der Waals surface area contributed by atoms with E-state index in [1.54, 1.807) is 6.33 Å². The molecule has 1 N–H and O–H groups in total. The lowest BCUT2D eigenvalue weighted by Crippen LogP contribution is -2.13. The molecule has 0 aromatic carbocycles. The second kappa shape index (κ2) is 3.80. The van der Waals surface area contributed by atoms with Crippen LogP contribution in [0.25, 0.3) is 0 Å². The SMILES string of the molecule is CC(C)c1cc(NCC2(C)CC2)ncn1. The van der Waals surface area contributed by atoms with E-state index in [0.717, 1.165) is 18.1 Å². The van der Waals surface area contributed by atoms with Crippen molar-refractivity contribution in [3.05, 3.63) is 18.1 Å². The van der Waals surface area contributed by atoms with Crippen molar-refractivity contribution in [1.29, 1.82) is 0 Å². The van der Waals surface area contributed by atoms with Gasteiger partial charge in [0.15, 0.2) is 0 Å². The van der Waals surface area contributed by atoms with Crippen molar-refractivity contribution in [3.63, 3.8) is 0 Å². The molecule has 0 amide bonds. The third kappa shape index (κ3) is 2.67. The maximum atomic E-state index is 4.25. The molecule has 1 aromatic heterocycles. The normalized spacial score (nSPS) is 17.9. The minimum absolute atomic E-state index is 0.463. The molecule has 1 heterocycles. The second-order valence-corrected chi connectivity index (χ2v) is 5.15. The standard InChI is InChI=1S/C12H19N3/c1-9(2)10-6-11(15-8-14-10)13-7-12(3)4-5-12/h6,8-9H,4-5,7H2,1-3H3,(H,13,14,15). The topological polar surface area (TPSA) is 37.8 Å². The van der Waals surface area contributed by atoms with Gasteiger partial charge in [-0.25, -0.2) is 9.97 Å². The van der Waals surface area contributed by atoms with Gasteiger partial charge in [0.2, 0.25) is 0 Å². The Morgan fingerprint density at radius 2 is 2.13 bits per heavy atom. The highest BCUT2D eigenvalue weighted by atomic mass is 15.0. The summed E-state index contributed by atoms with van der Waals surface area (Å²) in [5, 5.41) is 3.39. The Labute approximate surface area is 91.3 Å². The number of hydrogen-bond donors (Lipinski definition) is 1. The van der Waals surface area contributed by atoms with E-state index in [0.29, 0.717) is 11.3 Å². The summed E-state index contributed by atoms with van der Waals surface area (Å²) in [7, 11) is 0. The lowest BCUT2D eigenvalue weighted by atomic mass is 10.1. The van der Waals surface area contributed by atoms with E-state index in [9.17, 15) is 0 Å². The van der Waals surface area contributed by atoms with E-state index in [1.807, 2.05) is 0 Å².